The number of rotatable bonds is 0. The van der Waals surface area contributed by atoms with Crippen molar-refractivity contribution in [3.63, 3.8) is 0 Å². The molecule has 2 nitrogen and oxygen atoms in total. The molecule has 2 aliphatic rings. The fourth-order valence-corrected chi connectivity index (χ4v) is 2.91. The number of hydrogen-bond acceptors (Lipinski definition) is 2. The second-order valence-corrected chi connectivity index (χ2v) is 4.66. The van der Waals surface area contributed by atoms with E-state index in [9.17, 15) is 4.79 Å². The molecule has 1 N–H and O–H groups in total. The molecule has 2 heteroatoms. The van der Waals surface area contributed by atoms with Crippen molar-refractivity contribution in [3.05, 3.63) is 34.9 Å². The molecular formula is C13H15NO. The molecule has 0 amide bonds. The van der Waals surface area contributed by atoms with E-state index in [2.05, 4.69) is 18.3 Å². The Labute approximate surface area is 89.7 Å². The molecule has 1 saturated heterocycles. The molecule has 1 aromatic carbocycles. The van der Waals surface area contributed by atoms with Crippen LogP contribution in [0.4, 0.5) is 0 Å². The maximum absolute atomic E-state index is 12.1. The van der Waals surface area contributed by atoms with E-state index in [0.29, 0.717) is 11.7 Å². The highest BCUT2D eigenvalue weighted by Gasteiger charge is 2.40. The molecule has 1 aromatic rings. The fraction of sp³-hybridized carbons (Fsp3) is 0.462. The zero-order valence-electron chi connectivity index (χ0n) is 8.92. The lowest BCUT2D eigenvalue weighted by molar-refractivity contribution is 0.0904. The maximum Gasteiger partial charge on any atom is 0.166 e. The van der Waals surface area contributed by atoms with E-state index in [1.54, 1.807) is 0 Å². The summed E-state index contributed by atoms with van der Waals surface area (Å²) in [6.45, 7) is 4.04. The van der Waals surface area contributed by atoms with Crippen molar-refractivity contribution < 1.29 is 4.79 Å². The highest BCUT2D eigenvalue weighted by molar-refractivity contribution is 6.03. The van der Waals surface area contributed by atoms with Crippen LogP contribution in [0.3, 0.4) is 0 Å². The Bertz CT molecular complexity index is 425. The van der Waals surface area contributed by atoms with Crippen molar-refractivity contribution in [2.24, 2.45) is 5.92 Å². The molecule has 3 rings (SSSR count). The molecular weight excluding hydrogens is 186 g/mol. The van der Waals surface area contributed by atoms with Gasteiger partial charge in [0, 0.05) is 23.9 Å². The largest absolute Gasteiger partial charge is 0.316 e. The topological polar surface area (TPSA) is 29.1 Å². The van der Waals surface area contributed by atoms with Crippen LogP contribution >= 0.6 is 0 Å². The van der Waals surface area contributed by atoms with Crippen molar-refractivity contribution >= 4 is 5.78 Å². The predicted molar refractivity (Wildman–Crippen MR) is 59.2 cm³/mol. The van der Waals surface area contributed by atoms with Gasteiger partial charge in [0.25, 0.3) is 0 Å². The maximum atomic E-state index is 12.1. The number of hydrogen-bond donors (Lipinski definition) is 1. The van der Waals surface area contributed by atoms with Crippen LogP contribution in [0, 0.1) is 12.8 Å². The van der Waals surface area contributed by atoms with E-state index >= 15 is 0 Å². The summed E-state index contributed by atoms with van der Waals surface area (Å²) in [7, 11) is 0. The van der Waals surface area contributed by atoms with Crippen LogP contribution in [0.25, 0.3) is 0 Å². The minimum absolute atomic E-state index is 0.253. The first-order valence-corrected chi connectivity index (χ1v) is 5.63. The summed E-state index contributed by atoms with van der Waals surface area (Å²) in [5.74, 6) is 1.06. The van der Waals surface area contributed by atoms with E-state index < -0.39 is 0 Å². The Balaban J connectivity index is 2.12. The highest BCUT2D eigenvalue weighted by Crippen LogP contribution is 2.40. The first kappa shape index (κ1) is 9.10. The fourth-order valence-electron chi connectivity index (χ4n) is 2.91. The smallest absolute Gasteiger partial charge is 0.166 e. The van der Waals surface area contributed by atoms with Crippen LogP contribution in [-0.4, -0.2) is 18.9 Å². The lowest BCUT2D eigenvalue weighted by atomic mass is 9.86. The van der Waals surface area contributed by atoms with E-state index in [1.165, 1.54) is 11.1 Å². The van der Waals surface area contributed by atoms with Crippen LogP contribution in [0.2, 0.25) is 0 Å². The van der Waals surface area contributed by atoms with Crippen LogP contribution in [0.5, 0.6) is 0 Å². The van der Waals surface area contributed by atoms with Crippen LogP contribution in [0.15, 0.2) is 18.2 Å². The Morgan fingerprint density at radius 1 is 1.33 bits per heavy atom. The minimum Gasteiger partial charge on any atom is -0.316 e. The number of ketones is 1. The molecule has 15 heavy (non-hydrogen) atoms. The predicted octanol–water partition coefficient (Wildman–Crippen LogP) is 1.88. The quantitative estimate of drug-likeness (QED) is 0.694. The Kier molecular flexibility index (Phi) is 1.93. The van der Waals surface area contributed by atoms with Crippen LogP contribution < -0.4 is 5.32 Å². The van der Waals surface area contributed by atoms with Crippen molar-refractivity contribution in [1.29, 1.82) is 0 Å². The second-order valence-electron chi connectivity index (χ2n) is 4.66. The third-order valence-corrected chi connectivity index (χ3v) is 3.69. The molecule has 0 spiro atoms. The zero-order chi connectivity index (χ0) is 10.4. The standard InChI is InChI=1S/C13H15NO/c1-8-2-3-9-11(6-8)12-7-14-5-4-10(12)13(9)15/h2-3,6,10,12,14H,4-5,7H2,1H3/t10-,12-/m1/s1. The average molecular weight is 201 g/mol. The third-order valence-electron chi connectivity index (χ3n) is 3.69. The van der Waals surface area contributed by atoms with Crippen molar-refractivity contribution in [1.82, 2.24) is 5.32 Å². The highest BCUT2D eigenvalue weighted by atomic mass is 16.1. The van der Waals surface area contributed by atoms with Gasteiger partial charge in [-0.1, -0.05) is 23.8 Å². The third kappa shape index (κ3) is 1.25. The summed E-state index contributed by atoms with van der Waals surface area (Å²) in [6.07, 6.45) is 0.997. The molecule has 0 radical (unpaired) electrons. The average Bonchev–Trinajstić information content (AvgIpc) is 2.54. The van der Waals surface area contributed by atoms with Crippen LogP contribution in [0.1, 0.15) is 33.8 Å². The summed E-state index contributed by atoms with van der Waals surface area (Å²) < 4.78 is 0. The number of Topliss-reactive ketones (excluding diaryl/α,β-unsaturated/α-hetero) is 1. The molecule has 1 heterocycles. The molecule has 0 saturated carbocycles. The van der Waals surface area contributed by atoms with Gasteiger partial charge in [0.2, 0.25) is 0 Å². The summed E-state index contributed by atoms with van der Waals surface area (Å²) in [5.41, 5.74) is 3.50. The van der Waals surface area contributed by atoms with Crippen molar-refractivity contribution in [2.75, 3.05) is 13.1 Å². The SMILES string of the molecule is Cc1ccc2c(c1)[C@@H]1CNCC[C@H]1C2=O. The Morgan fingerprint density at radius 2 is 2.20 bits per heavy atom. The number of fused-ring (bicyclic) bond motifs is 3. The Hall–Kier alpha value is -1.15. The lowest BCUT2D eigenvalue weighted by Crippen LogP contribution is -2.34. The van der Waals surface area contributed by atoms with E-state index in [1.807, 2.05) is 12.1 Å². The van der Waals surface area contributed by atoms with E-state index in [4.69, 9.17) is 0 Å². The molecule has 2 atom stereocenters. The number of carbonyl (C=O) groups is 1. The van der Waals surface area contributed by atoms with Gasteiger partial charge in [-0.2, -0.15) is 0 Å². The van der Waals surface area contributed by atoms with Gasteiger partial charge < -0.3 is 5.32 Å². The second kappa shape index (κ2) is 3.17. The van der Waals surface area contributed by atoms with Gasteiger partial charge >= 0.3 is 0 Å². The zero-order valence-corrected chi connectivity index (χ0v) is 8.92. The summed E-state index contributed by atoms with van der Waals surface area (Å²) in [6, 6.07) is 6.23. The number of carbonyl (C=O) groups excluding carboxylic acids is 1. The summed E-state index contributed by atoms with van der Waals surface area (Å²) in [5, 5.41) is 3.38. The van der Waals surface area contributed by atoms with E-state index in [-0.39, 0.29) is 5.92 Å². The molecule has 1 fully saturated rings. The first-order valence-electron chi connectivity index (χ1n) is 5.63. The van der Waals surface area contributed by atoms with Gasteiger partial charge in [0.15, 0.2) is 5.78 Å². The first-order chi connectivity index (χ1) is 7.27. The van der Waals surface area contributed by atoms with Crippen molar-refractivity contribution in [2.45, 2.75) is 19.3 Å². The summed E-state index contributed by atoms with van der Waals surface area (Å²) >= 11 is 0. The van der Waals surface area contributed by atoms with Gasteiger partial charge in [0.05, 0.1) is 0 Å². The molecule has 0 unspecified atom stereocenters. The van der Waals surface area contributed by atoms with E-state index in [0.717, 1.165) is 25.1 Å². The van der Waals surface area contributed by atoms with Crippen LogP contribution in [-0.2, 0) is 0 Å². The molecule has 1 aliphatic heterocycles. The van der Waals surface area contributed by atoms with Gasteiger partial charge in [0.1, 0.15) is 0 Å². The molecule has 78 valence electrons. The molecule has 0 aromatic heterocycles. The summed E-state index contributed by atoms with van der Waals surface area (Å²) in [4.78, 5) is 12.1. The lowest BCUT2D eigenvalue weighted by Gasteiger charge is -2.25. The van der Waals surface area contributed by atoms with Crippen molar-refractivity contribution in [3.8, 4) is 0 Å². The van der Waals surface area contributed by atoms with Gasteiger partial charge in [-0.05, 0) is 25.5 Å². The van der Waals surface area contributed by atoms with Gasteiger partial charge in [-0.3, -0.25) is 4.79 Å². The number of nitrogens with one attached hydrogen (secondary N) is 1. The monoisotopic (exact) mass is 201 g/mol. The minimum atomic E-state index is 0.253. The van der Waals surface area contributed by atoms with Gasteiger partial charge in [-0.25, -0.2) is 0 Å². The number of benzene rings is 1. The molecule has 1 aliphatic carbocycles. The Morgan fingerprint density at radius 3 is 3.07 bits per heavy atom. The normalized spacial score (nSPS) is 28.7. The molecule has 0 bridgehead atoms. The number of piperidine rings is 1. The van der Waals surface area contributed by atoms with Gasteiger partial charge in [-0.15, -0.1) is 0 Å². The number of aryl methyl sites for hydroxylation is 1.